The molecule has 2 heterocycles. The van der Waals surface area contributed by atoms with Crippen LogP contribution in [0.2, 0.25) is 0 Å². The summed E-state index contributed by atoms with van der Waals surface area (Å²) in [5.74, 6) is 1.91. The van der Waals surface area contributed by atoms with Crippen molar-refractivity contribution in [3.05, 3.63) is 18.0 Å². The van der Waals surface area contributed by atoms with Gasteiger partial charge in [-0.3, -0.25) is 9.48 Å². The van der Waals surface area contributed by atoms with Gasteiger partial charge in [-0.1, -0.05) is 13.8 Å². The Bertz CT molecular complexity index is 516. The number of rotatable bonds is 3. The standard InChI is InChI=1S/C17H28N4O/c1-11-4-12(2)6-14(5-11)20-17(22)16-9-18-8-15(16)13-7-19-21(3)10-13/h7,10-12,14-16,18H,4-6,8-9H2,1-3H3,(H,20,22)/t11?,12?,14?,15-,16+/m1/s1. The molecule has 0 aromatic carbocycles. The maximum Gasteiger partial charge on any atom is 0.225 e. The number of nitrogens with zero attached hydrogens (tertiary/aromatic N) is 2. The first kappa shape index (κ1) is 15.5. The van der Waals surface area contributed by atoms with Gasteiger partial charge in [0.25, 0.3) is 0 Å². The number of nitrogens with one attached hydrogen (secondary N) is 2. The molecule has 1 aromatic rings. The van der Waals surface area contributed by atoms with Crippen molar-refractivity contribution in [1.82, 2.24) is 20.4 Å². The Hall–Kier alpha value is -1.36. The summed E-state index contributed by atoms with van der Waals surface area (Å²) in [5, 5.41) is 10.9. The lowest BCUT2D eigenvalue weighted by molar-refractivity contribution is -0.126. The molecule has 5 heteroatoms. The smallest absolute Gasteiger partial charge is 0.225 e. The van der Waals surface area contributed by atoms with Crippen molar-refractivity contribution < 1.29 is 4.79 Å². The van der Waals surface area contributed by atoms with E-state index in [1.807, 2.05) is 24.1 Å². The second-order valence-corrected chi connectivity index (χ2v) is 7.44. The van der Waals surface area contributed by atoms with Crippen LogP contribution in [0.5, 0.6) is 0 Å². The van der Waals surface area contributed by atoms with E-state index in [0.717, 1.165) is 31.5 Å². The molecule has 1 aliphatic heterocycles. The van der Waals surface area contributed by atoms with Crippen molar-refractivity contribution in [2.75, 3.05) is 13.1 Å². The van der Waals surface area contributed by atoms with Gasteiger partial charge >= 0.3 is 0 Å². The highest BCUT2D eigenvalue weighted by molar-refractivity contribution is 5.80. The maximum absolute atomic E-state index is 12.7. The second-order valence-electron chi connectivity index (χ2n) is 7.44. The second kappa shape index (κ2) is 6.41. The SMILES string of the molecule is CC1CC(C)CC(NC(=O)[C@H]2CNC[C@@H]2c2cnn(C)c2)C1. The molecule has 1 amide bonds. The van der Waals surface area contributed by atoms with Gasteiger partial charge < -0.3 is 10.6 Å². The quantitative estimate of drug-likeness (QED) is 0.893. The normalized spacial score (nSPS) is 35.5. The Morgan fingerprint density at radius 2 is 2.00 bits per heavy atom. The van der Waals surface area contributed by atoms with Gasteiger partial charge in [0.05, 0.1) is 12.1 Å². The van der Waals surface area contributed by atoms with E-state index in [9.17, 15) is 4.79 Å². The first-order chi connectivity index (χ1) is 10.5. The van der Waals surface area contributed by atoms with Crippen LogP contribution >= 0.6 is 0 Å². The van der Waals surface area contributed by atoms with Gasteiger partial charge in [-0.05, 0) is 36.7 Å². The van der Waals surface area contributed by atoms with Gasteiger partial charge in [0.1, 0.15) is 0 Å². The summed E-state index contributed by atoms with van der Waals surface area (Å²) in [7, 11) is 1.92. The molecule has 1 saturated carbocycles. The van der Waals surface area contributed by atoms with Crippen LogP contribution in [0.1, 0.15) is 44.6 Å². The zero-order chi connectivity index (χ0) is 15.7. The molecule has 22 heavy (non-hydrogen) atoms. The number of aromatic nitrogens is 2. The molecule has 1 aliphatic carbocycles. The minimum atomic E-state index is 0.0248. The topological polar surface area (TPSA) is 59.0 Å². The number of hydrogen-bond donors (Lipinski definition) is 2. The number of carbonyl (C=O) groups is 1. The van der Waals surface area contributed by atoms with Crippen LogP contribution in [0.15, 0.2) is 12.4 Å². The van der Waals surface area contributed by atoms with Crippen LogP contribution < -0.4 is 10.6 Å². The molecule has 2 N–H and O–H groups in total. The predicted octanol–water partition coefficient (Wildman–Crippen LogP) is 1.66. The molecule has 4 atom stereocenters. The number of aryl methyl sites for hydroxylation is 1. The molecule has 122 valence electrons. The molecule has 0 bridgehead atoms. The van der Waals surface area contributed by atoms with Gasteiger partial charge in [-0.25, -0.2) is 0 Å². The Kier molecular flexibility index (Phi) is 4.52. The van der Waals surface area contributed by atoms with E-state index in [0.29, 0.717) is 17.9 Å². The van der Waals surface area contributed by atoms with Crippen molar-refractivity contribution in [2.45, 2.75) is 45.1 Å². The number of hydrogen-bond acceptors (Lipinski definition) is 3. The van der Waals surface area contributed by atoms with Crippen LogP contribution in [0.25, 0.3) is 0 Å². The number of amides is 1. The Labute approximate surface area is 132 Å². The third-order valence-electron chi connectivity index (χ3n) is 5.23. The summed E-state index contributed by atoms with van der Waals surface area (Å²) in [6, 6.07) is 0.349. The lowest BCUT2D eigenvalue weighted by Gasteiger charge is -2.33. The predicted molar refractivity (Wildman–Crippen MR) is 86.4 cm³/mol. The summed E-state index contributed by atoms with van der Waals surface area (Å²) < 4.78 is 1.81. The molecule has 2 unspecified atom stereocenters. The number of carbonyl (C=O) groups excluding carboxylic acids is 1. The van der Waals surface area contributed by atoms with Gasteiger partial charge in [0.15, 0.2) is 0 Å². The fourth-order valence-corrected chi connectivity index (χ4v) is 4.31. The summed E-state index contributed by atoms with van der Waals surface area (Å²) in [6.07, 6.45) is 7.45. The minimum absolute atomic E-state index is 0.0248. The van der Waals surface area contributed by atoms with E-state index in [2.05, 4.69) is 29.6 Å². The third kappa shape index (κ3) is 3.35. The van der Waals surface area contributed by atoms with E-state index in [1.54, 1.807) is 0 Å². The highest BCUT2D eigenvalue weighted by atomic mass is 16.2. The first-order valence-corrected chi connectivity index (χ1v) is 8.52. The zero-order valence-electron chi connectivity index (χ0n) is 13.9. The highest BCUT2D eigenvalue weighted by Crippen LogP contribution is 2.31. The molecule has 1 aromatic heterocycles. The average molecular weight is 304 g/mol. The molecular weight excluding hydrogens is 276 g/mol. The van der Waals surface area contributed by atoms with Crippen molar-refractivity contribution in [2.24, 2.45) is 24.8 Å². The molecule has 5 nitrogen and oxygen atoms in total. The van der Waals surface area contributed by atoms with Crippen LogP contribution in [0.4, 0.5) is 0 Å². The average Bonchev–Trinajstić information content (AvgIpc) is 3.05. The third-order valence-corrected chi connectivity index (χ3v) is 5.23. The van der Waals surface area contributed by atoms with E-state index in [4.69, 9.17) is 0 Å². The molecular formula is C17H28N4O. The van der Waals surface area contributed by atoms with Gasteiger partial charge in [0.2, 0.25) is 5.91 Å². The lowest BCUT2D eigenvalue weighted by Crippen LogP contribution is -2.44. The fraction of sp³-hybridized carbons (Fsp3) is 0.765. The fourth-order valence-electron chi connectivity index (χ4n) is 4.31. The van der Waals surface area contributed by atoms with E-state index >= 15 is 0 Å². The maximum atomic E-state index is 12.7. The molecule has 1 saturated heterocycles. The largest absolute Gasteiger partial charge is 0.353 e. The van der Waals surface area contributed by atoms with Crippen LogP contribution in [0.3, 0.4) is 0 Å². The minimum Gasteiger partial charge on any atom is -0.353 e. The van der Waals surface area contributed by atoms with Crippen molar-refractivity contribution >= 4 is 5.91 Å². The van der Waals surface area contributed by atoms with Crippen LogP contribution in [-0.4, -0.2) is 34.8 Å². The highest BCUT2D eigenvalue weighted by Gasteiger charge is 2.36. The zero-order valence-corrected chi connectivity index (χ0v) is 13.9. The Balaban J connectivity index is 1.63. The van der Waals surface area contributed by atoms with E-state index in [-0.39, 0.29) is 17.7 Å². The molecule has 0 radical (unpaired) electrons. The Morgan fingerprint density at radius 1 is 1.27 bits per heavy atom. The van der Waals surface area contributed by atoms with Crippen molar-refractivity contribution in [3.63, 3.8) is 0 Å². The first-order valence-electron chi connectivity index (χ1n) is 8.52. The van der Waals surface area contributed by atoms with Crippen LogP contribution in [0, 0.1) is 17.8 Å². The van der Waals surface area contributed by atoms with Gasteiger partial charge in [-0.2, -0.15) is 5.10 Å². The van der Waals surface area contributed by atoms with E-state index in [1.165, 1.54) is 6.42 Å². The van der Waals surface area contributed by atoms with Crippen LogP contribution in [-0.2, 0) is 11.8 Å². The molecule has 3 rings (SSSR count). The van der Waals surface area contributed by atoms with E-state index < -0.39 is 0 Å². The summed E-state index contributed by atoms with van der Waals surface area (Å²) in [4.78, 5) is 12.7. The molecule has 0 spiro atoms. The lowest BCUT2D eigenvalue weighted by atomic mass is 9.80. The summed E-state index contributed by atoms with van der Waals surface area (Å²) in [5.41, 5.74) is 1.16. The monoisotopic (exact) mass is 304 g/mol. The van der Waals surface area contributed by atoms with Crippen molar-refractivity contribution in [1.29, 1.82) is 0 Å². The summed E-state index contributed by atoms with van der Waals surface area (Å²) >= 11 is 0. The molecule has 2 fully saturated rings. The van der Waals surface area contributed by atoms with Crippen molar-refractivity contribution in [3.8, 4) is 0 Å². The van der Waals surface area contributed by atoms with Gasteiger partial charge in [-0.15, -0.1) is 0 Å². The molecule has 2 aliphatic rings. The van der Waals surface area contributed by atoms with Gasteiger partial charge in [0, 0.05) is 38.3 Å². The Morgan fingerprint density at radius 3 is 2.64 bits per heavy atom. The summed E-state index contributed by atoms with van der Waals surface area (Å²) in [6.45, 7) is 6.22.